The Morgan fingerprint density at radius 1 is 1.24 bits per heavy atom. The van der Waals surface area contributed by atoms with Crippen molar-refractivity contribution < 1.29 is 23.1 Å². The highest BCUT2D eigenvalue weighted by atomic mass is 32.2. The number of nitrogens with zero attached hydrogens (tertiary/aromatic N) is 1. The summed E-state index contributed by atoms with van der Waals surface area (Å²) in [6.07, 6.45) is 0.918. The summed E-state index contributed by atoms with van der Waals surface area (Å²) < 4.78 is 26.1. The number of carbonyl (C=O) groups is 2. The molecule has 1 atom stereocenters. The van der Waals surface area contributed by atoms with E-state index in [4.69, 9.17) is 0 Å². The van der Waals surface area contributed by atoms with Gasteiger partial charge in [-0.15, -0.1) is 0 Å². The number of Topliss-reactive ketones (excluding diaryl/α,β-unsaturated/α-hetero) is 1. The summed E-state index contributed by atoms with van der Waals surface area (Å²) in [5.74, 6) is -2.14. The Hall–Kier alpha value is -1.73. The normalized spacial score (nSPS) is 20.1. The van der Waals surface area contributed by atoms with Crippen LogP contribution in [0.3, 0.4) is 0 Å². The van der Waals surface area contributed by atoms with Crippen LogP contribution >= 0.6 is 0 Å². The van der Waals surface area contributed by atoms with Crippen LogP contribution in [0.1, 0.15) is 30.1 Å². The number of benzene rings is 1. The van der Waals surface area contributed by atoms with Crippen molar-refractivity contribution in [3.63, 3.8) is 0 Å². The van der Waals surface area contributed by atoms with Gasteiger partial charge in [-0.05, 0) is 31.9 Å². The first-order valence-electron chi connectivity index (χ1n) is 6.64. The molecule has 21 heavy (non-hydrogen) atoms. The summed E-state index contributed by atoms with van der Waals surface area (Å²) in [5, 5.41) is 10.9. The standard InChI is InChI=1S/C14H17NO5S/c1-10(16)11-4-6-13(7-5-11)21(19,20)15-8-2-3-12(9-15)14(17)18/h4-7,12H,2-3,8-9H2,1H3,(H,17,18)/p-1/t12-/m0/s1. The van der Waals surface area contributed by atoms with Crippen LogP contribution in [-0.4, -0.2) is 37.6 Å². The van der Waals surface area contributed by atoms with Crippen LogP contribution in [0.4, 0.5) is 0 Å². The van der Waals surface area contributed by atoms with E-state index in [9.17, 15) is 23.1 Å². The fourth-order valence-corrected chi connectivity index (χ4v) is 3.89. The molecule has 0 amide bonds. The second-order valence-electron chi connectivity index (χ2n) is 5.10. The van der Waals surface area contributed by atoms with E-state index in [0.29, 0.717) is 24.9 Å². The molecule has 7 heteroatoms. The molecule has 0 saturated carbocycles. The van der Waals surface area contributed by atoms with Gasteiger partial charge in [-0.3, -0.25) is 4.79 Å². The number of hydrogen-bond acceptors (Lipinski definition) is 5. The number of carboxylic acid groups (broad SMARTS) is 1. The number of carbonyl (C=O) groups excluding carboxylic acids is 2. The Morgan fingerprint density at radius 3 is 2.38 bits per heavy atom. The van der Waals surface area contributed by atoms with Crippen molar-refractivity contribution in [1.82, 2.24) is 4.31 Å². The lowest BCUT2D eigenvalue weighted by Gasteiger charge is -2.32. The van der Waals surface area contributed by atoms with Crippen LogP contribution in [0, 0.1) is 5.92 Å². The summed E-state index contributed by atoms with van der Waals surface area (Å²) in [7, 11) is -3.74. The maximum Gasteiger partial charge on any atom is 0.243 e. The number of ketones is 1. The summed E-state index contributed by atoms with van der Waals surface area (Å²) in [6.45, 7) is 1.62. The molecule has 114 valence electrons. The van der Waals surface area contributed by atoms with E-state index in [-0.39, 0.29) is 17.2 Å². The summed E-state index contributed by atoms with van der Waals surface area (Å²) in [5.41, 5.74) is 0.431. The summed E-state index contributed by atoms with van der Waals surface area (Å²) in [6, 6.07) is 5.65. The molecule has 6 nitrogen and oxygen atoms in total. The topological polar surface area (TPSA) is 94.6 Å². The van der Waals surface area contributed by atoms with Crippen molar-refractivity contribution in [1.29, 1.82) is 0 Å². The smallest absolute Gasteiger partial charge is 0.243 e. The second-order valence-corrected chi connectivity index (χ2v) is 7.04. The molecular formula is C14H16NO5S-. The molecule has 0 spiro atoms. The Kier molecular flexibility index (Phi) is 4.43. The van der Waals surface area contributed by atoms with Crippen molar-refractivity contribution in [2.75, 3.05) is 13.1 Å². The minimum Gasteiger partial charge on any atom is -0.550 e. The Bertz CT molecular complexity index is 650. The van der Waals surface area contributed by atoms with Crippen LogP contribution in [0.15, 0.2) is 29.2 Å². The van der Waals surface area contributed by atoms with Crippen LogP contribution in [0.25, 0.3) is 0 Å². The first-order valence-corrected chi connectivity index (χ1v) is 8.08. The van der Waals surface area contributed by atoms with Gasteiger partial charge in [-0.25, -0.2) is 8.42 Å². The maximum atomic E-state index is 12.5. The molecule has 0 unspecified atom stereocenters. The fourth-order valence-electron chi connectivity index (χ4n) is 2.36. The molecule has 1 saturated heterocycles. The molecule has 0 aliphatic carbocycles. The number of sulfonamides is 1. The highest BCUT2D eigenvalue weighted by Gasteiger charge is 2.30. The molecule has 0 bridgehead atoms. The Labute approximate surface area is 123 Å². The minimum absolute atomic E-state index is 0.0616. The highest BCUT2D eigenvalue weighted by molar-refractivity contribution is 7.89. The molecule has 1 aromatic rings. The third-order valence-electron chi connectivity index (χ3n) is 3.62. The van der Waals surface area contributed by atoms with Crippen LogP contribution in [-0.2, 0) is 14.8 Å². The Balaban J connectivity index is 2.24. The monoisotopic (exact) mass is 310 g/mol. The van der Waals surface area contributed by atoms with Gasteiger partial charge in [-0.2, -0.15) is 4.31 Å². The van der Waals surface area contributed by atoms with Gasteiger partial charge in [0, 0.05) is 30.5 Å². The van der Waals surface area contributed by atoms with Crippen molar-refractivity contribution in [2.24, 2.45) is 5.92 Å². The second kappa shape index (κ2) is 5.95. The van der Waals surface area contributed by atoms with Gasteiger partial charge < -0.3 is 9.90 Å². The highest BCUT2D eigenvalue weighted by Crippen LogP contribution is 2.23. The van der Waals surface area contributed by atoms with Crippen molar-refractivity contribution >= 4 is 21.8 Å². The van der Waals surface area contributed by atoms with Crippen molar-refractivity contribution in [2.45, 2.75) is 24.7 Å². The number of hydrogen-bond donors (Lipinski definition) is 0. The maximum absolute atomic E-state index is 12.5. The zero-order valence-corrected chi connectivity index (χ0v) is 12.4. The lowest BCUT2D eigenvalue weighted by Crippen LogP contribution is -2.46. The largest absolute Gasteiger partial charge is 0.550 e. The Morgan fingerprint density at radius 2 is 1.86 bits per heavy atom. The molecule has 1 heterocycles. The number of aliphatic carboxylic acids is 1. The average Bonchev–Trinajstić information content (AvgIpc) is 2.47. The predicted octanol–water partition coefficient (Wildman–Crippen LogP) is 0.0398. The van der Waals surface area contributed by atoms with Crippen molar-refractivity contribution in [3.8, 4) is 0 Å². The van der Waals surface area contributed by atoms with Crippen LogP contribution in [0.2, 0.25) is 0 Å². The minimum atomic E-state index is -3.74. The van der Waals surface area contributed by atoms with E-state index >= 15 is 0 Å². The molecule has 1 aromatic carbocycles. The SMILES string of the molecule is CC(=O)c1ccc(S(=O)(=O)N2CCC[C@H](C(=O)[O-])C2)cc1. The summed E-state index contributed by atoms with van der Waals surface area (Å²) >= 11 is 0. The molecular weight excluding hydrogens is 294 g/mol. The zero-order valence-electron chi connectivity index (χ0n) is 11.6. The lowest BCUT2D eigenvalue weighted by molar-refractivity contribution is -0.312. The van der Waals surface area contributed by atoms with Gasteiger partial charge in [0.15, 0.2) is 5.78 Å². The lowest BCUT2D eigenvalue weighted by atomic mass is 10.0. The first kappa shape index (κ1) is 15.7. The third kappa shape index (κ3) is 3.30. The van der Waals surface area contributed by atoms with Gasteiger partial charge >= 0.3 is 0 Å². The molecule has 1 aliphatic rings. The van der Waals surface area contributed by atoms with Crippen LogP contribution < -0.4 is 5.11 Å². The zero-order chi connectivity index (χ0) is 15.6. The van der Waals surface area contributed by atoms with Crippen LogP contribution in [0.5, 0.6) is 0 Å². The molecule has 2 rings (SSSR count). The van der Waals surface area contributed by atoms with E-state index < -0.39 is 21.9 Å². The molecule has 1 fully saturated rings. The summed E-state index contributed by atoms with van der Waals surface area (Å²) in [4.78, 5) is 22.2. The molecule has 0 N–H and O–H groups in total. The van der Waals surface area contributed by atoms with E-state index in [1.165, 1.54) is 35.5 Å². The fraction of sp³-hybridized carbons (Fsp3) is 0.429. The van der Waals surface area contributed by atoms with Gasteiger partial charge in [0.05, 0.1) is 4.90 Å². The number of carboxylic acids is 1. The number of piperidine rings is 1. The average molecular weight is 310 g/mol. The third-order valence-corrected chi connectivity index (χ3v) is 5.50. The quantitative estimate of drug-likeness (QED) is 0.732. The van der Waals surface area contributed by atoms with Gasteiger partial charge in [0.2, 0.25) is 10.0 Å². The molecule has 1 aliphatic heterocycles. The van der Waals surface area contributed by atoms with E-state index in [1.807, 2.05) is 0 Å². The van der Waals surface area contributed by atoms with E-state index in [0.717, 1.165) is 0 Å². The molecule has 0 aromatic heterocycles. The predicted molar refractivity (Wildman–Crippen MR) is 72.9 cm³/mol. The van der Waals surface area contributed by atoms with Gasteiger partial charge in [0.1, 0.15) is 0 Å². The van der Waals surface area contributed by atoms with Crippen molar-refractivity contribution in [3.05, 3.63) is 29.8 Å². The van der Waals surface area contributed by atoms with E-state index in [1.54, 1.807) is 0 Å². The van der Waals surface area contributed by atoms with Gasteiger partial charge in [0.25, 0.3) is 0 Å². The number of rotatable bonds is 4. The van der Waals surface area contributed by atoms with E-state index in [2.05, 4.69) is 0 Å². The first-order chi connectivity index (χ1) is 9.82. The van der Waals surface area contributed by atoms with Gasteiger partial charge in [-0.1, -0.05) is 12.1 Å². The molecule has 0 radical (unpaired) electrons.